The van der Waals surface area contributed by atoms with Gasteiger partial charge >= 0.3 is 0 Å². The molecule has 0 aromatic carbocycles. The van der Waals surface area contributed by atoms with Gasteiger partial charge in [-0.25, -0.2) is 0 Å². The van der Waals surface area contributed by atoms with Gasteiger partial charge in [0.05, 0.1) is 5.60 Å². The van der Waals surface area contributed by atoms with E-state index in [0.717, 1.165) is 12.8 Å². The zero-order valence-electron chi connectivity index (χ0n) is 9.75. The number of allylic oxidation sites excluding steroid dienone is 4. The molecule has 1 rings (SSSR count). The van der Waals surface area contributed by atoms with Crippen LogP contribution in [-0.2, 0) is 0 Å². The molecule has 0 saturated carbocycles. The van der Waals surface area contributed by atoms with Crippen LogP contribution in [0.25, 0.3) is 0 Å². The van der Waals surface area contributed by atoms with E-state index in [1.807, 2.05) is 13.8 Å². The molecule has 1 aliphatic rings. The first-order chi connectivity index (χ1) is 6.36. The van der Waals surface area contributed by atoms with Crippen LogP contribution in [0, 0.1) is 11.3 Å². The van der Waals surface area contributed by atoms with Gasteiger partial charge in [0.25, 0.3) is 0 Å². The Balaban J connectivity index is 2.84. The predicted octanol–water partition coefficient (Wildman–Crippen LogP) is 3.31. The maximum absolute atomic E-state index is 9.93. The molecular weight excluding hydrogens is 172 g/mol. The van der Waals surface area contributed by atoms with Crippen LogP contribution in [-0.4, -0.2) is 10.7 Å². The summed E-state index contributed by atoms with van der Waals surface area (Å²) in [6.45, 7) is 8.25. The maximum Gasteiger partial charge on any atom is 0.0600 e. The molecular formula is C13H22O. The number of hydrogen-bond acceptors (Lipinski definition) is 1. The third-order valence-electron chi connectivity index (χ3n) is 3.08. The fraction of sp³-hybridized carbons (Fsp3) is 0.692. The zero-order valence-corrected chi connectivity index (χ0v) is 9.75. The van der Waals surface area contributed by atoms with Gasteiger partial charge in [0.2, 0.25) is 0 Å². The Morgan fingerprint density at radius 1 is 1.36 bits per heavy atom. The van der Waals surface area contributed by atoms with Crippen molar-refractivity contribution in [3.63, 3.8) is 0 Å². The Hall–Kier alpha value is -0.560. The molecule has 80 valence electrons. The second kappa shape index (κ2) is 3.90. The average molecular weight is 194 g/mol. The molecule has 0 heterocycles. The third kappa shape index (κ3) is 2.71. The van der Waals surface area contributed by atoms with Crippen LogP contribution >= 0.6 is 0 Å². The first-order valence-electron chi connectivity index (χ1n) is 5.42. The van der Waals surface area contributed by atoms with Gasteiger partial charge in [0, 0.05) is 0 Å². The largest absolute Gasteiger partial charge is 0.390 e. The molecule has 0 bridgehead atoms. The fourth-order valence-corrected chi connectivity index (χ4v) is 2.25. The summed E-state index contributed by atoms with van der Waals surface area (Å²) in [6, 6.07) is 0. The molecule has 0 fully saturated rings. The van der Waals surface area contributed by atoms with Crippen molar-refractivity contribution in [1.82, 2.24) is 0 Å². The monoisotopic (exact) mass is 194 g/mol. The second-order valence-corrected chi connectivity index (χ2v) is 5.37. The van der Waals surface area contributed by atoms with E-state index in [2.05, 4.69) is 38.2 Å². The lowest BCUT2D eigenvalue weighted by Crippen LogP contribution is -2.35. The van der Waals surface area contributed by atoms with Crippen molar-refractivity contribution >= 4 is 0 Å². The highest BCUT2D eigenvalue weighted by atomic mass is 16.3. The lowest BCUT2D eigenvalue weighted by molar-refractivity contribution is 0.0215. The van der Waals surface area contributed by atoms with Crippen molar-refractivity contribution in [2.24, 2.45) is 11.3 Å². The quantitative estimate of drug-likeness (QED) is 0.731. The molecule has 1 heteroatoms. The Bertz CT molecular complexity index is 242. The smallest absolute Gasteiger partial charge is 0.0600 e. The van der Waals surface area contributed by atoms with Crippen LogP contribution in [0.15, 0.2) is 24.3 Å². The summed E-state index contributed by atoms with van der Waals surface area (Å²) in [5.41, 5.74) is -0.438. The molecule has 0 spiro atoms. The van der Waals surface area contributed by atoms with Crippen molar-refractivity contribution in [2.75, 3.05) is 0 Å². The minimum Gasteiger partial charge on any atom is -0.390 e. The van der Waals surface area contributed by atoms with Crippen LogP contribution in [0.2, 0.25) is 0 Å². The third-order valence-corrected chi connectivity index (χ3v) is 3.08. The van der Waals surface area contributed by atoms with Gasteiger partial charge in [-0.3, -0.25) is 0 Å². The first kappa shape index (κ1) is 11.5. The molecule has 0 aromatic rings. The van der Waals surface area contributed by atoms with E-state index < -0.39 is 5.60 Å². The van der Waals surface area contributed by atoms with Crippen LogP contribution < -0.4 is 0 Å². The Morgan fingerprint density at radius 2 is 2.00 bits per heavy atom. The molecule has 0 saturated heterocycles. The normalized spacial score (nSPS) is 27.3. The van der Waals surface area contributed by atoms with E-state index in [-0.39, 0.29) is 5.41 Å². The second-order valence-electron chi connectivity index (χ2n) is 5.37. The van der Waals surface area contributed by atoms with E-state index in [0.29, 0.717) is 5.92 Å². The van der Waals surface area contributed by atoms with Crippen molar-refractivity contribution in [3.05, 3.63) is 24.3 Å². The Morgan fingerprint density at radius 3 is 2.36 bits per heavy atom. The number of rotatable bonds is 3. The Kier molecular flexibility index (Phi) is 3.20. The van der Waals surface area contributed by atoms with Crippen molar-refractivity contribution < 1.29 is 5.11 Å². The van der Waals surface area contributed by atoms with Crippen LogP contribution in [0.3, 0.4) is 0 Å². The molecule has 0 amide bonds. The molecule has 1 aliphatic carbocycles. The first-order valence-corrected chi connectivity index (χ1v) is 5.42. The number of aliphatic hydroxyl groups is 1. The summed E-state index contributed by atoms with van der Waals surface area (Å²) >= 11 is 0. The van der Waals surface area contributed by atoms with Crippen molar-refractivity contribution in [2.45, 2.75) is 46.1 Å². The fourth-order valence-electron chi connectivity index (χ4n) is 2.25. The molecule has 0 aromatic heterocycles. The van der Waals surface area contributed by atoms with E-state index in [1.165, 1.54) is 0 Å². The molecule has 1 N–H and O–H groups in total. The lowest BCUT2D eigenvalue weighted by Gasteiger charge is -2.39. The van der Waals surface area contributed by atoms with Crippen molar-refractivity contribution in [3.8, 4) is 0 Å². The van der Waals surface area contributed by atoms with Gasteiger partial charge in [-0.05, 0) is 38.0 Å². The summed E-state index contributed by atoms with van der Waals surface area (Å²) in [7, 11) is 0. The van der Waals surface area contributed by atoms with Crippen molar-refractivity contribution in [1.29, 1.82) is 0 Å². The maximum atomic E-state index is 9.93. The standard InChI is InChI=1S/C13H22O/c1-11(2)13(10-12(3,4)14)8-6-5-7-9-13/h5-8,11,14H,9-10H2,1-4H3. The summed E-state index contributed by atoms with van der Waals surface area (Å²) < 4.78 is 0. The Labute approximate surface area is 87.5 Å². The zero-order chi connectivity index (χ0) is 10.8. The van der Waals surface area contributed by atoms with Gasteiger partial charge < -0.3 is 5.11 Å². The molecule has 1 nitrogen and oxygen atoms in total. The molecule has 14 heavy (non-hydrogen) atoms. The van der Waals surface area contributed by atoms with Gasteiger partial charge in [0.1, 0.15) is 0 Å². The highest BCUT2D eigenvalue weighted by Crippen LogP contribution is 2.42. The topological polar surface area (TPSA) is 20.2 Å². The SMILES string of the molecule is CC(C)C1(CC(C)(C)O)C=CC=CC1. The van der Waals surface area contributed by atoms with Gasteiger partial charge in [-0.1, -0.05) is 38.2 Å². The molecule has 1 atom stereocenters. The molecule has 1 unspecified atom stereocenters. The van der Waals surface area contributed by atoms with E-state index >= 15 is 0 Å². The summed E-state index contributed by atoms with van der Waals surface area (Å²) in [6.07, 6.45) is 10.5. The summed E-state index contributed by atoms with van der Waals surface area (Å²) in [4.78, 5) is 0. The van der Waals surface area contributed by atoms with Gasteiger partial charge in [0.15, 0.2) is 0 Å². The van der Waals surface area contributed by atoms with E-state index in [9.17, 15) is 5.11 Å². The van der Waals surface area contributed by atoms with E-state index in [1.54, 1.807) is 0 Å². The highest BCUT2D eigenvalue weighted by Gasteiger charge is 2.35. The predicted molar refractivity (Wildman–Crippen MR) is 61.1 cm³/mol. The number of hydrogen-bond donors (Lipinski definition) is 1. The summed E-state index contributed by atoms with van der Waals surface area (Å²) in [5.74, 6) is 0.565. The lowest BCUT2D eigenvalue weighted by atomic mass is 9.67. The molecule has 0 radical (unpaired) electrons. The highest BCUT2D eigenvalue weighted by molar-refractivity contribution is 5.18. The van der Waals surface area contributed by atoms with Crippen LogP contribution in [0.4, 0.5) is 0 Å². The van der Waals surface area contributed by atoms with Gasteiger partial charge in [-0.15, -0.1) is 0 Å². The summed E-state index contributed by atoms with van der Waals surface area (Å²) in [5, 5.41) is 9.93. The van der Waals surface area contributed by atoms with Gasteiger partial charge in [-0.2, -0.15) is 0 Å². The van der Waals surface area contributed by atoms with Crippen LogP contribution in [0.5, 0.6) is 0 Å². The molecule has 0 aliphatic heterocycles. The average Bonchev–Trinajstić information content (AvgIpc) is 2.02. The minimum absolute atomic E-state index is 0.146. The minimum atomic E-state index is -0.584. The van der Waals surface area contributed by atoms with E-state index in [4.69, 9.17) is 0 Å². The van der Waals surface area contributed by atoms with Crippen LogP contribution in [0.1, 0.15) is 40.5 Å².